The number of amides is 1. The van der Waals surface area contributed by atoms with E-state index in [0.29, 0.717) is 18.2 Å². The van der Waals surface area contributed by atoms with Crippen LogP contribution in [-0.2, 0) is 0 Å². The molecule has 3 heterocycles. The lowest BCUT2D eigenvalue weighted by atomic mass is 10.1. The molecule has 3 rings (SSSR count). The van der Waals surface area contributed by atoms with Crippen molar-refractivity contribution in [2.75, 3.05) is 42.5 Å². The lowest BCUT2D eigenvalue weighted by Crippen LogP contribution is -2.47. The summed E-state index contributed by atoms with van der Waals surface area (Å²) in [6, 6.07) is 5.66. The first-order chi connectivity index (χ1) is 12.6. The Balaban J connectivity index is 1.58. The highest BCUT2D eigenvalue weighted by molar-refractivity contribution is 5.93. The third-order valence-electron chi connectivity index (χ3n) is 4.46. The maximum absolute atomic E-state index is 12.3. The van der Waals surface area contributed by atoms with Crippen molar-refractivity contribution in [1.29, 1.82) is 0 Å². The van der Waals surface area contributed by atoms with Gasteiger partial charge in [-0.2, -0.15) is 0 Å². The highest BCUT2D eigenvalue weighted by Crippen LogP contribution is 2.18. The average Bonchev–Trinajstić information content (AvgIpc) is 2.68. The van der Waals surface area contributed by atoms with Crippen molar-refractivity contribution in [2.45, 2.75) is 20.3 Å². The van der Waals surface area contributed by atoms with E-state index in [1.54, 1.807) is 18.6 Å². The standard InChI is InChI=1S/C19H26N6O/c1-15(2)4-8-21-18(26)17-14-16(5-9-20-17)24-10-12-25(13-11-24)19-22-6-3-7-23-19/h3,5-7,9,14-15H,4,8,10-13H2,1-2H3,(H,21,26). The Morgan fingerprint density at radius 1 is 1.08 bits per heavy atom. The molecule has 0 unspecified atom stereocenters. The van der Waals surface area contributed by atoms with Gasteiger partial charge in [0.1, 0.15) is 5.69 Å². The second-order valence-electron chi connectivity index (χ2n) is 6.86. The van der Waals surface area contributed by atoms with E-state index >= 15 is 0 Å². The van der Waals surface area contributed by atoms with Crippen LogP contribution in [0.2, 0.25) is 0 Å². The van der Waals surface area contributed by atoms with E-state index in [1.807, 2.05) is 18.2 Å². The van der Waals surface area contributed by atoms with Crippen LogP contribution < -0.4 is 15.1 Å². The summed E-state index contributed by atoms with van der Waals surface area (Å²) in [4.78, 5) is 29.6. The number of carbonyl (C=O) groups excluding carboxylic acids is 1. The van der Waals surface area contributed by atoms with E-state index in [9.17, 15) is 4.79 Å². The largest absolute Gasteiger partial charge is 0.368 e. The Morgan fingerprint density at radius 3 is 2.46 bits per heavy atom. The maximum Gasteiger partial charge on any atom is 0.269 e. The molecule has 1 fully saturated rings. The van der Waals surface area contributed by atoms with Crippen LogP contribution in [0, 0.1) is 5.92 Å². The summed E-state index contributed by atoms with van der Waals surface area (Å²) in [5, 5.41) is 2.94. The molecule has 138 valence electrons. The van der Waals surface area contributed by atoms with Crippen molar-refractivity contribution in [3.05, 3.63) is 42.5 Å². The SMILES string of the molecule is CC(C)CCNC(=O)c1cc(N2CCN(c3ncccn3)CC2)ccn1. The number of piperazine rings is 1. The van der Waals surface area contributed by atoms with Crippen molar-refractivity contribution >= 4 is 17.5 Å². The Hall–Kier alpha value is -2.70. The molecule has 0 aliphatic carbocycles. The molecule has 26 heavy (non-hydrogen) atoms. The monoisotopic (exact) mass is 354 g/mol. The third kappa shape index (κ3) is 4.68. The molecule has 0 radical (unpaired) electrons. The van der Waals surface area contributed by atoms with Crippen LogP contribution in [0.15, 0.2) is 36.8 Å². The molecule has 1 aliphatic heterocycles. The van der Waals surface area contributed by atoms with Crippen molar-refractivity contribution in [3.63, 3.8) is 0 Å². The fraction of sp³-hybridized carbons (Fsp3) is 0.474. The van der Waals surface area contributed by atoms with E-state index in [0.717, 1.165) is 44.2 Å². The van der Waals surface area contributed by atoms with E-state index in [2.05, 4.69) is 43.9 Å². The molecule has 2 aromatic heterocycles. The predicted octanol–water partition coefficient (Wildman–Crippen LogP) is 1.97. The molecule has 1 aliphatic rings. The summed E-state index contributed by atoms with van der Waals surface area (Å²) < 4.78 is 0. The maximum atomic E-state index is 12.3. The van der Waals surface area contributed by atoms with Gasteiger partial charge in [-0.25, -0.2) is 9.97 Å². The number of pyridine rings is 1. The van der Waals surface area contributed by atoms with Gasteiger partial charge in [-0.1, -0.05) is 13.8 Å². The van der Waals surface area contributed by atoms with Gasteiger partial charge in [-0.15, -0.1) is 0 Å². The summed E-state index contributed by atoms with van der Waals surface area (Å²) in [6.45, 7) is 8.38. The minimum atomic E-state index is -0.108. The van der Waals surface area contributed by atoms with Crippen LogP contribution in [-0.4, -0.2) is 53.6 Å². The Kier molecular flexibility index (Phi) is 5.99. The van der Waals surface area contributed by atoms with Gasteiger partial charge in [0, 0.05) is 57.0 Å². The highest BCUT2D eigenvalue weighted by atomic mass is 16.1. The minimum absolute atomic E-state index is 0.108. The highest BCUT2D eigenvalue weighted by Gasteiger charge is 2.20. The normalized spacial score (nSPS) is 14.6. The van der Waals surface area contributed by atoms with Crippen molar-refractivity contribution in [3.8, 4) is 0 Å². The number of nitrogens with zero attached hydrogens (tertiary/aromatic N) is 5. The van der Waals surface area contributed by atoms with Crippen LogP contribution in [0.1, 0.15) is 30.8 Å². The molecule has 7 nitrogen and oxygen atoms in total. The van der Waals surface area contributed by atoms with E-state index in [1.165, 1.54) is 0 Å². The lowest BCUT2D eigenvalue weighted by molar-refractivity contribution is 0.0947. The number of rotatable bonds is 6. The summed E-state index contributed by atoms with van der Waals surface area (Å²) in [6.07, 6.45) is 6.21. The van der Waals surface area contributed by atoms with Crippen molar-refractivity contribution in [1.82, 2.24) is 20.3 Å². The fourth-order valence-corrected chi connectivity index (χ4v) is 2.92. The van der Waals surface area contributed by atoms with Gasteiger partial charge in [-0.05, 0) is 30.5 Å². The molecule has 1 N–H and O–H groups in total. The Morgan fingerprint density at radius 2 is 1.77 bits per heavy atom. The molecule has 7 heteroatoms. The van der Waals surface area contributed by atoms with Gasteiger partial charge < -0.3 is 15.1 Å². The first kappa shape index (κ1) is 18.1. The Labute approximate surface area is 154 Å². The minimum Gasteiger partial charge on any atom is -0.368 e. The molecule has 1 amide bonds. The zero-order chi connectivity index (χ0) is 18.4. The number of nitrogens with one attached hydrogen (secondary N) is 1. The summed E-state index contributed by atoms with van der Waals surface area (Å²) in [7, 11) is 0. The van der Waals surface area contributed by atoms with E-state index in [4.69, 9.17) is 0 Å². The molecule has 1 saturated heterocycles. The molecular weight excluding hydrogens is 328 g/mol. The zero-order valence-electron chi connectivity index (χ0n) is 15.4. The number of anilines is 2. The second-order valence-corrected chi connectivity index (χ2v) is 6.86. The van der Waals surface area contributed by atoms with Gasteiger partial charge in [0.2, 0.25) is 5.95 Å². The zero-order valence-corrected chi connectivity index (χ0v) is 15.4. The van der Waals surface area contributed by atoms with Gasteiger partial charge in [0.15, 0.2) is 0 Å². The van der Waals surface area contributed by atoms with Crippen molar-refractivity contribution < 1.29 is 4.79 Å². The van der Waals surface area contributed by atoms with Crippen LogP contribution in [0.3, 0.4) is 0 Å². The van der Waals surface area contributed by atoms with E-state index in [-0.39, 0.29) is 5.91 Å². The smallest absolute Gasteiger partial charge is 0.269 e. The summed E-state index contributed by atoms with van der Waals surface area (Å²) in [5.41, 5.74) is 1.50. The number of hydrogen-bond acceptors (Lipinski definition) is 6. The van der Waals surface area contributed by atoms with Gasteiger partial charge in [0.05, 0.1) is 0 Å². The van der Waals surface area contributed by atoms with Crippen LogP contribution in [0.5, 0.6) is 0 Å². The lowest BCUT2D eigenvalue weighted by Gasteiger charge is -2.36. The first-order valence-electron chi connectivity index (χ1n) is 9.14. The molecule has 2 aromatic rings. The Bertz CT molecular complexity index is 713. The molecule has 0 atom stereocenters. The van der Waals surface area contributed by atoms with Gasteiger partial charge in [-0.3, -0.25) is 9.78 Å². The number of carbonyl (C=O) groups is 1. The number of aromatic nitrogens is 3. The molecule has 0 spiro atoms. The van der Waals surface area contributed by atoms with E-state index < -0.39 is 0 Å². The van der Waals surface area contributed by atoms with Crippen LogP contribution in [0.25, 0.3) is 0 Å². The molecule has 0 saturated carbocycles. The second kappa shape index (κ2) is 8.60. The van der Waals surface area contributed by atoms with Gasteiger partial charge in [0.25, 0.3) is 5.91 Å². The summed E-state index contributed by atoms with van der Waals surface area (Å²) >= 11 is 0. The topological polar surface area (TPSA) is 74.2 Å². The van der Waals surface area contributed by atoms with Gasteiger partial charge >= 0.3 is 0 Å². The molecular formula is C19H26N6O. The summed E-state index contributed by atoms with van der Waals surface area (Å²) in [5.74, 6) is 1.23. The van der Waals surface area contributed by atoms with Crippen LogP contribution in [0.4, 0.5) is 11.6 Å². The fourth-order valence-electron chi connectivity index (χ4n) is 2.92. The average molecular weight is 354 g/mol. The number of hydrogen-bond donors (Lipinski definition) is 1. The van der Waals surface area contributed by atoms with Crippen molar-refractivity contribution in [2.24, 2.45) is 5.92 Å². The third-order valence-corrected chi connectivity index (χ3v) is 4.46. The molecule has 0 aromatic carbocycles. The van der Waals surface area contributed by atoms with Crippen LogP contribution >= 0.6 is 0 Å². The quantitative estimate of drug-likeness (QED) is 0.855. The molecule has 0 bridgehead atoms. The first-order valence-corrected chi connectivity index (χ1v) is 9.14. The predicted molar refractivity (Wildman–Crippen MR) is 102 cm³/mol.